The Hall–Kier alpha value is 0.309. The van der Waals surface area contributed by atoms with Gasteiger partial charge in [-0.2, -0.15) is 0 Å². The molecule has 0 saturated heterocycles. The molecule has 0 heterocycles. The van der Waals surface area contributed by atoms with Gasteiger partial charge in [0.1, 0.15) is 0 Å². The first-order valence-corrected chi connectivity index (χ1v) is 8.60. The molecule has 0 aliphatic carbocycles. The van der Waals surface area contributed by atoms with E-state index in [-0.39, 0.29) is 26.5 Å². The molecule has 1 aromatic rings. The number of rotatable bonds is 4. The summed E-state index contributed by atoms with van der Waals surface area (Å²) in [6.07, 6.45) is 1.32. The first kappa shape index (κ1) is 11.4. The standard InChI is InChI=1S/C8H8Cl.C3H7.Sn/c1-7(9)8-5-3-2-4-6-8;1-3-2;/h2-5,7H,1H3;1,3H2,2H3;. The van der Waals surface area contributed by atoms with Crippen LogP contribution in [0.3, 0.4) is 0 Å². The molecule has 0 fully saturated rings. The number of alkyl halides is 1. The SMILES string of the molecule is CC[CH2][Sn][c]1ccccc1C(C)Cl. The molecule has 0 amide bonds. The van der Waals surface area contributed by atoms with E-state index >= 15 is 0 Å². The van der Waals surface area contributed by atoms with E-state index in [2.05, 4.69) is 38.1 Å². The van der Waals surface area contributed by atoms with Crippen molar-refractivity contribution in [1.29, 1.82) is 0 Å². The number of hydrogen-bond acceptors (Lipinski definition) is 0. The third-order valence-corrected chi connectivity index (χ3v) is 6.72. The summed E-state index contributed by atoms with van der Waals surface area (Å²) < 4.78 is 3.00. The Bertz CT molecular complexity index is 258. The van der Waals surface area contributed by atoms with Crippen LogP contribution in [0.2, 0.25) is 4.44 Å². The van der Waals surface area contributed by atoms with Crippen LogP contribution in [0.5, 0.6) is 0 Å². The van der Waals surface area contributed by atoms with Crippen molar-refractivity contribution in [3.8, 4) is 0 Å². The van der Waals surface area contributed by atoms with E-state index in [1.807, 2.05) is 0 Å². The second kappa shape index (κ2) is 5.92. The molecule has 0 nitrogen and oxygen atoms in total. The topological polar surface area (TPSA) is 0 Å². The van der Waals surface area contributed by atoms with Gasteiger partial charge in [-0.15, -0.1) is 0 Å². The van der Waals surface area contributed by atoms with Gasteiger partial charge in [0.05, 0.1) is 0 Å². The number of hydrogen-bond donors (Lipinski definition) is 0. The zero-order valence-electron chi connectivity index (χ0n) is 8.18. The van der Waals surface area contributed by atoms with Crippen molar-refractivity contribution in [2.24, 2.45) is 0 Å². The summed E-state index contributed by atoms with van der Waals surface area (Å²) in [6.45, 7) is 4.32. The predicted molar refractivity (Wildman–Crippen MR) is 61.2 cm³/mol. The molecule has 0 saturated carbocycles. The Morgan fingerprint density at radius 2 is 2.08 bits per heavy atom. The van der Waals surface area contributed by atoms with Gasteiger partial charge in [-0.1, -0.05) is 0 Å². The molecule has 0 aliphatic rings. The van der Waals surface area contributed by atoms with Crippen LogP contribution in [-0.2, 0) is 0 Å². The molecule has 0 bridgehead atoms. The minimum atomic E-state index is -0.342. The molecule has 0 spiro atoms. The summed E-state index contributed by atoms with van der Waals surface area (Å²) in [6, 6.07) is 8.65. The molecular weight excluding hydrogens is 286 g/mol. The van der Waals surface area contributed by atoms with Gasteiger partial charge in [0, 0.05) is 0 Å². The van der Waals surface area contributed by atoms with Crippen molar-refractivity contribution in [2.75, 3.05) is 0 Å². The molecule has 0 aromatic heterocycles. The van der Waals surface area contributed by atoms with Crippen molar-refractivity contribution in [3.05, 3.63) is 29.8 Å². The van der Waals surface area contributed by atoms with Gasteiger partial charge >= 0.3 is 96.2 Å². The Morgan fingerprint density at radius 1 is 1.38 bits per heavy atom. The van der Waals surface area contributed by atoms with Crippen LogP contribution in [0.25, 0.3) is 0 Å². The second-order valence-electron chi connectivity index (χ2n) is 3.13. The molecule has 13 heavy (non-hydrogen) atoms. The van der Waals surface area contributed by atoms with E-state index < -0.39 is 0 Å². The van der Waals surface area contributed by atoms with Crippen LogP contribution in [0, 0.1) is 0 Å². The number of halogens is 1. The Balaban J connectivity index is 2.78. The summed E-state index contributed by atoms with van der Waals surface area (Å²) in [5.41, 5.74) is 1.37. The summed E-state index contributed by atoms with van der Waals surface area (Å²) in [4.78, 5) is 0. The third-order valence-electron chi connectivity index (χ3n) is 1.95. The van der Waals surface area contributed by atoms with Crippen molar-refractivity contribution >= 4 is 36.3 Å². The number of benzene rings is 1. The normalized spacial score (nSPS) is 12.8. The quantitative estimate of drug-likeness (QED) is 0.592. The first-order chi connectivity index (χ1) is 6.25. The fourth-order valence-corrected chi connectivity index (χ4v) is 5.25. The molecule has 2 radical (unpaired) electrons. The summed E-state index contributed by atoms with van der Waals surface area (Å²) in [7, 11) is 0. The summed E-state index contributed by atoms with van der Waals surface area (Å²) in [5, 5.41) is 0.175. The Labute approximate surface area is 95.9 Å². The first-order valence-electron chi connectivity index (χ1n) is 4.72. The average molecular weight is 301 g/mol. The van der Waals surface area contributed by atoms with Crippen LogP contribution in [0.4, 0.5) is 0 Å². The van der Waals surface area contributed by atoms with Gasteiger partial charge in [-0.05, 0) is 0 Å². The fraction of sp³-hybridized carbons (Fsp3) is 0.455. The van der Waals surface area contributed by atoms with Crippen molar-refractivity contribution in [3.63, 3.8) is 0 Å². The molecule has 2 heteroatoms. The van der Waals surface area contributed by atoms with Gasteiger partial charge in [0.2, 0.25) is 0 Å². The molecule has 1 rings (SSSR count). The van der Waals surface area contributed by atoms with Gasteiger partial charge in [-0.3, -0.25) is 0 Å². The molecule has 1 aromatic carbocycles. The molecule has 1 atom stereocenters. The summed E-state index contributed by atoms with van der Waals surface area (Å²) in [5.74, 6) is 0. The second-order valence-corrected chi connectivity index (χ2v) is 7.76. The molecule has 0 N–H and O–H groups in total. The van der Waals surface area contributed by atoms with Gasteiger partial charge in [-0.25, -0.2) is 0 Å². The molecule has 0 aliphatic heterocycles. The van der Waals surface area contributed by atoms with Crippen LogP contribution < -0.4 is 3.58 Å². The van der Waals surface area contributed by atoms with Gasteiger partial charge < -0.3 is 0 Å². The maximum atomic E-state index is 6.11. The van der Waals surface area contributed by atoms with Crippen molar-refractivity contribution in [1.82, 2.24) is 0 Å². The van der Waals surface area contributed by atoms with E-state index in [0.717, 1.165) is 0 Å². The zero-order valence-corrected chi connectivity index (χ0v) is 11.8. The Morgan fingerprint density at radius 3 is 2.69 bits per heavy atom. The van der Waals surface area contributed by atoms with Gasteiger partial charge in [0.25, 0.3) is 0 Å². The third kappa shape index (κ3) is 3.51. The van der Waals surface area contributed by atoms with E-state index in [1.165, 1.54) is 16.4 Å². The Kier molecular flexibility index (Phi) is 5.18. The maximum absolute atomic E-state index is 6.11. The van der Waals surface area contributed by atoms with Crippen LogP contribution in [-0.4, -0.2) is 21.1 Å². The fourth-order valence-electron chi connectivity index (χ4n) is 1.26. The van der Waals surface area contributed by atoms with Crippen molar-refractivity contribution in [2.45, 2.75) is 30.1 Å². The average Bonchev–Trinajstić information content (AvgIpc) is 2.15. The van der Waals surface area contributed by atoms with E-state index in [4.69, 9.17) is 11.6 Å². The van der Waals surface area contributed by atoms with E-state index in [0.29, 0.717) is 0 Å². The van der Waals surface area contributed by atoms with Crippen LogP contribution in [0.1, 0.15) is 31.2 Å². The molecule has 70 valence electrons. The van der Waals surface area contributed by atoms with Crippen LogP contribution >= 0.6 is 11.6 Å². The zero-order chi connectivity index (χ0) is 9.68. The van der Waals surface area contributed by atoms with Crippen molar-refractivity contribution < 1.29 is 0 Å². The molecule has 1 unspecified atom stereocenters. The summed E-state index contributed by atoms with van der Waals surface area (Å²) >= 11 is 5.77. The minimum absolute atomic E-state index is 0.175. The monoisotopic (exact) mass is 302 g/mol. The predicted octanol–water partition coefficient (Wildman–Crippen LogP) is 3.14. The van der Waals surface area contributed by atoms with Crippen LogP contribution in [0.15, 0.2) is 24.3 Å². The van der Waals surface area contributed by atoms with Gasteiger partial charge in [0.15, 0.2) is 0 Å². The van der Waals surface area contributed by atoms with E-state index in [1.54, 1.807) is 3.58 Å². The molecular formula is C11H15ClSn. The van der Waals surface area contributed by atoms with E-state index in [9.17, 15) is 0 Å².